The fraction of sp³-hybridized carbons (Fsp3) is 1.00. The lowest BCUT2D eigenvalue weighted by Gasteiger charge is -2.23. The number of aliphatic hydroxyl groups is 1. The van der Waals surface area contributed by atoms with E-state index < -0.39 is 48.8 Å². The minimum atomic E-state index is -5.60. The molecule has 5 N–H and O–H groups in total. The summed E-state index contributed by atoms with van der Waals surface area (Å²) >= 11 is 0. The molecule has 0 aliphatic rings. The Bertz CT molecular complexity index is 492. The van der Waals surface area contributed by atoms with Crippen LogP contribution in [0.2, 0.25) is 0 Å². The molecule has 0 heterocycles. The fourth-order valence-corrected chi connectivity index (χ4v) is 4.17. The maximum Gasteiger partial charge on any atom is 0.490 e. The van der Waals surface area contributed by atoms with E-state index in [1.54, 1.807) is 0 Å². The van der Waals surface area contributed by atoms with Gasteiger partial charge in [0.1, 0.15) is 20.1 Å². The van der Waals surface area contributed by atoms with Crippen molar-refractivity contribution in [1.29, 1.82) is 0 Å². The number of phosphoric ester groups is 1. The maximum atomic E-state index is 11.5. The molecule has 0 bridgehead atoms. The topological polar surface area (TPSA) is 199 Å². The second kappa shape index (κ2) is 9.74. The van der Waals surface area contributed by atoms with Gasteiger partial charge in [0.2, 0.25) is 0 Å². The summed E-state index contributed by atoms with van der Waals surface area (Å²) in [7, 11) is -10.0. The summed E-state index contributed by atoms with van der Waals surface area (Å²) in [6.45, 7) is -1.47. The van der Waals surface area contributed by atoms with E-state index in [9.17, 15) is 23.7 Å². The number of rotatable bonds is 12. The van der Waals surface area contributed by atoms with E-state index in [1.807, 2.05) is 0 Å². The molecule has 0 aliphatic heterocycles. The van der Waals surface area contributed by atoms with Crippen LogP contribution in [0.3, 0.4) is 0 Å². The van der Waals surface area contributed by atoms with Gasteiger partial charge in [0.25, 0.3) is 0 Å². The van der Waals surface area contributed by atoms with E-state index in [1.165, 1.54) is 7.11 Å². The first kappa shape index (κ1) is 23.4. The molecule has 13 nitrogen and oxygen atoms in total. The Morgan fingerprint density at radius 3 is 2.00 bits per heavy atom. The summed E-state index contributed by atoms with van der Waals surface area (Å²) in [5.41, 5.74) is 0. The molecule has 2 radical (unpaired) electrons. The van der Waals surface area contributed by atoms with Gasteiger partial charge < -0.3 is 34.2 Å². The maximum absolute atomic E-state index is 11.5. The number of aliphatic hydroxyl groups excluding tert-OH is 1. The molecule has 0 saturated carbocycles. The molecular formula is C6H16BO13P3. The largest absolute Gasteiger partial charge is 0.490 e. The first-order chi connectivity index (χ1) is 10.3. The van der Waals surface area contributed by atoms with Crippen LogP contribution in [0, 0.1) is 0 Å². The van der Waals surface area contributed by atoms with E-state index in [2.05, 4.69) is 17.9 Å². The minimum Gasteiger partial charge on any atom is -0.388 e. The van der Waals surface area contributed by atoms with Crippen molar-refractivity contribution in [3.63, 3.8) is 0 Å². The molecule has 0 spiro atoms. The van der Waals surface area contributed by atoms with E-state index in [0.717, 1.165) is 0 Å². The van der Waals surface area contributed by atoms with E-state index >= 15 is 0 Å². The van der Waals surface area contributed by atoms with Gasteiger partial charge in [-0.05, 0) is 0 Å². The number of hydrogen-bond acceptors (Lipinski definition) is 9. The van der Waals surface area contributed by atoms with Crippen molar-refractivity contribution < 1.29 is 61.0 Å². The van der Waals surface area contributed by atoms with Crippen molar-refractivity contribution >= 4 is 31.3 Å². The van der Waals surface area contributed by atoms with Gasteiger partial charge in [0.15, 0.2) is 0 Å². The highest BCUT2D eigenvalue weighted by Crippen LogP contribution is 2.66. The molecule has 0 aliphatic carbocycles. The Balaban J connectivity index is 4.74. The van der Waals surface area contributed by atoms with Crippen LogP contribution in [0.15, 0.2) is 0 Å². The zero-order valence-electron chi connectivity index (χ0n) is 11.7. The molecule has 0 amide bonds. The molecule has 4 atom stereocenters. The second-order valence-corrected chi connectivity index (χ2v) is 8.20. The monoisotopic (exact) mass is 400 g/mol. The van der Waals surface area contributed by atoms with Crippen LogP contribution < -0.4 is 0 Å². The normalized spacial score (nSPS) is 20.4. The molecular weight excluding hydrogens is 384 g/mol. The van der Waals surface area contributed by atoms with Gasteiger partial charge in [-0.25, -0.2) is 13.7 Å². The van der Waals surface area contributed by atoms with Gasteiger partial charge in [-0.1, -0.05) is 0 Å². The third-order valence-electron chi connectivity index (χ3n) is 1.89. The quantitative estimate of drug-likeness (QED) is 0.195. The molecule has 136 valence electrons. The van der Waals surface area contributed by atoms with E-state index in [4.69, 9.17) is 27.3 Å². The third kappa shape index (κ3) is 11.5. The molecule has 0 aromatic rings. The Hall–Kier alpha value is 0.355. The van der Waals surface area contributed by atoms with Gasteiger partial charge >= 0.3 is 23.5 Å². The summed E-state index contributed by atoms with van der Waals surface area (Å²) in [5, 5.41) is 9.59. The van der Waals surface area contributed by atoms with Crippen LogP contribution in [0.4, 0.5) is 0 Å². The highest BCUT2D eigenvalue weighted by Gasteiger charge is 2.41. The van der Waals surface area contributed by atoms with E-state index in [0.29, 0.717) is 0 Å². The molecule has 0 fully saturated rings. The van der Waals surface area contributed by atoms with Crippen molar-refractivity contribution in [3.05, 3.63) is 0 Å². The average Bonchev–Trinajstić information content (AvgIpc) is 2.29. The van der Waals surface area contributed by atoms with Crippen LogP contribution in [0.25, 0.3) is 0 Å². The second-order valence-electron chi connectivity index (χ2n) is 3.78. The van der Waals surface area contributed by atoms with E-state index in [-0.39, 0.29) is 6.61 Å². The van der Waals surface area contributed by atoms with Crippen molar-refractivity contribution in [1.82, 2.24) is 0 Å². The van der Waals surface area contributed by atoms with Crippen LogP contribution in [0.5, 0.6) is 0 Å². The predicted octanol–water partition coefficient (Wildman–Crippen LogP) is -1.15. The van der Waals surface area contributed by atoms with Crippen LogP contribution in [-0.2, 0) is 36.3 Å². The SMILES string of the molecule is [B]COC(COP(=O)(O)OP(=O)(O)OP(=O)(O)O)C(O)COC. The number of ether oxygens (including phenoxy) is 2. The molecule has 0 aromatic heterocycles. The summed E-state index contributed by atoms with van der Waals surface area (Å²) in [6.07, 6.45) is -2.58. The van der Waals surface area contributed by atoms with Gasteiger partial charge in [0.05, 0.1) is 13.2 Å². The van der Waals surface area contributed by atoms with Crippen LogP contribution in [0.1, 0.15) is 0 Å². The molecule has 0 aromatic carbocycles. The summed E-state index contributed by atoms with van der Waals surface area (Å²) in [6, 6.07) is 0. The Kier molecular flexibility index (Phi) is 9.89. The number of hydrogen-bond donors (Lipinski definition) is 5. The van der Waals surface area contributed by atoms with Crippen LogP contribution in [-0.4, -0.2) is 71.6 Å². The molecule has 4 unspecified atom stereocenters. The number of methoxy groups -OCH3 is 1. The first-order valence-electron chi connectivity index (χ1n) is 5.59. The average molecular weight is 400 g/mol. The van der Waals surface area contributed by atoms with Gasteiger partial charge in [0, 0.05) is 13.6 Å². The van der Waals surface area contributed by atoms with Crippen molar-refractivity contribution in [3.8, 4) is 0 Å². The Labute approximate surface area is 132 Å². The molecule has 0 saturated heterocycles. The van der Waals surface area contributed by atoms with Gasteiger partial charge in [-0.3, -0.25) is 4.52 Å². The fourth-order valence-electron chi connectivity index (χ4n) is 1.14. The van der Waals surface area contributed by atoms with Gasteiger partial charge in [-0.15, -0.1) is 0 Å². The van der Waals surface area contributed by atoms with Crippen molar-refractivity contribution in [2.24, 2.45) is 0 Å². The number of phosphoric acid groups is 3. The van der Waals surface area contributed by atoms with Crippen LogP contribution >= 0.6 is 23.5 Å². The summed E-state index contributed by atoms with van der Waals surface area (Å²) in [4.78, 5) is 34.9. The zero-order valence-corrected chi connectivity index (χ0v) is 14.4. The predicted molar refractivity (Wildman–Crippen MR) is 73.2 cm³/mol. The smallest absolute Gasteiger partial charge is 0.388 e. The lowest BCUT2D eigenvalue weighted by molar-refractivity contribution is -0.0719. The highest BCUT2D eigenvalue weighted by molar-refractivity contribution is 7.66. The first-order valence-corrected chi connectivity index (χ1v) is 10.1. The third-order valence-corrected chi connectivity index (χ3v) is 5.70. The molecule has 0 rings (SSSR count). The summed E-state index contributed by atoms with van der Waals surface area (Å²) < 4.78 is 53.7. The Morgan fingerprint density at radius 2 is 1.57 bits per heavy atom. The lowest BCUT2D eigenvalue weighted by Crippen LogP contribution is -2.36. The highest BCUT2D eigenvalue weighted by atomic mass is 31.3. The minimum absolute atomic E-state index is 0.246. The summed E-state index contributed by atoms with van der Waals surface area (Å²) in [5.74, 6) is 0. The Morgan fingerprint density at radius 1 is 1.00 bits per heavy atom. The lowest BCUT2D eigenvalue weighted by atomic mass is 10.2. The van der Waals surface area contributed by atoms with Crippen molar-refractivity contribution in [2.45, 2.75) is 12.2 Å². The molecule has 23 heavy (non-hydrogen) atoms. The standard InChI is InChI=1S/C6H16BO13P3/c1-16-2-5(8)6(17-4-7)3-18-22(12,13)20-23(14,15)19-21(9,10)11/h5-6,8H,2-4H2,1H3,(H,12,13)(H,14,15)(H2,9,10,11). The van der Waals surface area contributed by atoms with Gasteiger partial charge in [-0.2, -0.15) is 8.62 Å². The van der Waals surface area contributed by atoms with Crippen molar-refractivity contribution in [2.75, 3.05) is 26.8 Å². The zero-order chi connectivity index (χ0) is 18.3. The molecule has 17 heteroatoms.